The smallest absolute Gasteiger partial charge is 0.250 e. The second kappa shape index (κ2) is 10.8. The summed E-state index contributed by atoms with van der Waals surface area (Å²) in [5, 5.41) is 6.47. The minimum atomic E-state index is -0.101. The maximum absolute atomic E-state index is 13.1. The number of rotatable bonds is 8. The molecule has 0 unspecified atom stereocenters. The molecule has 162 valence electrons. The topological polar surface area (TPSA) is 54.8 Å². The molecule has 0 atom stereocenters. The number of anilines is 1. The van der Waals surface area contributed by atoms with Gasteiger partial charge in [-0.2, -0.15) is 10.1 Å². The molecule has 1 amide bonds. The summed E-state index contributed by atoms with van der Waals surface area (Å²) < 4.78 is 7.17. The Labute approximate surface area is 203 Å². The van der Waals surface area contributed by atoms with Crippen LogP contribution in [0.15, 0.2) is 87.3 Å². The number of benzene rings is 3. The Hall–Kier alpha value is -2.68. The fraction of sp³-hybridized carbons (Fsp3) is 0.125. The van der Waals surface area contributed by atoms with E-state index in [0.717, 1.165) is 30.9 Å². The van der Waals surface area contributed by atoms with Crippen LogP contribution >= 0.6 is 39.0 Å². The van der Waals surface area contributed by atoms with Crippen molar-refractivity contribution in [3.63, 3.8) is 0 Å². The zero-order chi connectivity index (χ0) is 22.3. The molecule has 4 aromatic rings. The van der Waals surface area contributed by atoms with Crippen LogP contribution in [-0.2, 0) is 4.79 Å². The number of ether oxygens (including phenoxy) is 1. The minimum absolute atomic E-state index is 0.101. The molecule has 4 rings (SSSR count). The maximum Gasteiger partial charge on any atom is 0.250 e. The molecule has 0 aliphatic heterocycles. The van der Waals surface area contributed by atoms with Crippen LogP contribution < -0.4 is 9.75 Å². The predicted octanol–water partition coefficient (Wildman–Crippen LogP) is 6.62. The van der Waals surface area contributed by atoms with E-state index in [1.54, 1.807) is 25.1 Å². The Balaban J connectivity index is 1.55. The third-order valence-electron chi connectivity index (χ3n) is 4.52. The number of hydrogen-bond donors (Lipinski definition) is 0. The normalized spacial score (nSPS) is 11.2. The summed E-state index contributed by atoms with van der Waals surface area (Å²) in [7, 11) is 1.63. The van der Waals surface area contributed by atoms with Gasteiger partial charge in [0.25, 0.3) is 0 Å². The Morgan fingerprint density at radius 2 is 1.94 bits per heavy atom. The molecule has 0 bridgehead atoms. The largest absolute Gasteiger partial charge is 0.497 e. The Morgan fingerprint density at radius 1 is 1.16 bits per heavy atom. The highest BCUT2D eigenvalue weighted by Gasteiger charge is 2.19. The molecule has 0 aliphatic carbocycles. The van der Waals surface area contributed by atoms with Crippen LogP contribution in [-0.4, -0.2) is 30.0 Å². The summed E-state index contributed by atoms with van der Waals surface area (Å²) in [5.41, 5.74) is 1.70. The Kier molecular flexibility index (Phi) is 7.57. The van der Waals surface area contributed by atoms with Gasteiger partial charge in [0.1, 0.15) is 5.75 Å². The molecule has 0 spiro atoms. The number of aromatic nitrogens is 1. The number of thiazole rings is 1. The standard InChI is InChI=1S/C24H20BrN3O2S2/c1-30-19-10-7-17(8-11-19)16-26-28(23(29)13-14-31-20-5-3-2-4-6-20)24-27-21-12-9-18(25)15-22(21)32-24/h2-12,15-16H,13-14H2,1H3/b26-16+. The van der Waals surface area contributed by atoms with Crippen molar-refractivity contribution < 1.29 is 9.53 Å². The van der Waals surface area contributed by atoms with Crippen LogP contribution in [0.25, 0.3) is 10.2 Å². The number of methoxy groups -OCH3 is 1. The van der Waals surface area contributed by atoms with Gasteiger partial charge in [0.2, 0.25) is 11.0 Å². The Morgan fingerprint density at radius 3 is 2.69 bits per heavy atom. The summed E-state index contributed by atoms with van der Waals surface area (Å²) in [6, 6.07) is 23.4. The van der Waals surface area contributed by atoms with Gasteiger partial charge < -0.3 is 4.74 Å². The van der Waals surface area contributed by atoms with E-state index in [4.69, 9.17) is 4.74 Å². The van der Waals surface area contributed by atoms with Gasteiger partial charge in [-0.15, -0.1) is 11.8 Å². The van der Waals surface area contributed by atoms with Crippen LogP contribution in [0, 0.1) is 0 Å². The summed E-state index contributed by atoms with van der Waals surface area (Å²) in [6.07, 6.45) is 2.02. The second-order valence-corrected chi connectivity index (χ2v) is 9.84. The van der Waals surface area contributed by atoms with Crippen molar-refractivity contribution in [1.29, 1.82) is 0 Å². The van der Waals surface area contributed by atoms with E-state index in [0.29, 0.717) is 17.3 Å². The first-order valence-corrected chi connectivity index (χ1v) is 12.5. The zero-order valence-electron chi connectivity index (χ0n) is 17.3. The first-order valence-electron chi connectivity index (χ1n) is 9.87. The number of halogens is 1. The lowest BCUT2D eigenvalue weighted by Gasteiger charge is -2.13. The van der Waals surface area contributed by atoms with Gasteiger partial charge in [-0.05, 0) is 60.2 Å². The summed E-state index contributed by atoms with van der Waals surface area (Å²) in [5.74, 6) is 1.33. The highest BCUT2D eigenvalue weighted by atomic mass is 79.9. The van der Waals surface area contributed by atoms with Crippen molar-refractivity contribution in [3.8, 4) is 5.75 Å². The first-order chi connectivity index (χ1) is 15.6. The number of carbonyl (C=O) groups is 1. The molecule has 0 aliphatic rings. The molecule has 32 heavy (non-hydrogen) atoms. The van der Waals surface area contributed by atoms with E-state index in [-0.39, 0.29) is 5.91 Å². The average molecular weight is 526 g/mol. The third kappa shape index (κ3) is 5.76. The van der Waals surface area contributed by atoms with E-state index in [2.05, 4.69) is 26.0 Å². The molecule has 8 heteroatoms. The van der Waals surface area contributed by atoms with E-state index < -0.39 is 0 Å². The molecule has 0 radical (unpaired) electrons. The van der Waals surface area contributed by atoms with Crippen molar-refractivity contribution in [2.24, 2.45) is 5.10 Å². The number of fused-ring (bicyclic) bond motifs is 1. The predicted molar refractivity (Wildman–Crippen MR) is 137 cm³/mol. The summed E-state index contributed by atoms with van der Waals surface area (Å²) >= 11 is 6.59. The van der Waals surface area contributed by atoms with E-state index in [9.17, 15) is 4.79 Å². The van der Waals surface area contributed by atoms with Gasteiger partial charge in [0, 0.05) is 21.5 Å². The number of hydrogen-bond acceptors (Lipinski definition) is 6. The molecule has 0 fully saturated rings. The van der Waals surface area contributed by atoms with Gasteiger partial charge in [-0.1, -0.05) is 45.5 Å². The molecule has 1 aromatic heterocycles. The third-order valence-corrected chi connectivity index (χ3v) is 7.02. The number of nitrogens with zero attached hydrogens (tertiary/aromatic N) is 3. The fourth-order valence-corrected chi connectivity index (χ4v) is 5.25. The van der Waals surface area contributed by atoms with E-state index in [1.807, 2.05) is 72.8 Å². The SMILES string of the molecule is COc1ccc(/C=N/N(C(=O)CCSc2ccccc2)c2nc3ccc(Br)cc3s2)cc1. The van der Waals surface area contributed by atoms with Gasteiger partial charge in [0.05, 0.1) is 23.5 Å². The second-order valence-electron chi connectivity index (χ2n) is 6.74. The van der Waals surface area contributed by atoms with Gasteiger partial charge in [-0.25, -0.2) is 4.98 Å². The lowest BCUT2D eigenvalue weighted by Crippen LogP contribution is -2.25. The molecular weight excluding hydrogens is 506 g/mol. The molecule has 0 N–H and O–H groups in total. The zero-order valence-corrected chi connectivity index (χ0v) is 20.5. The van der Waals surface area contributed by atoms with Crippen LogP contribution in [0.4, 0.5) is 5.13 Å². The van der Waals surface area contributed by atoms with Gasteiger partial charge >= 0.3 is 0 Å². The van der Waals surface area contributed by atoms with Crippen LogP contribution in [0.1, 0.15) is 12.0 Å². The average Bonchev–Trinajstić information content (AvgIpc) is 3.23. The van der Waals surface area contributed by atoms with Crippen molar-refractivity contribution in [3.05, 3.63) is 82.8 Å². The number of hydrazone groups is 1. The minimum Gasteiger partial charge on any atom is -0.497 e. The molecule has 3 aromatic carbocycles. The van der Waals surface area contributed by atoms with Crippen molar-refractivity contribution in [2.75, 3.05) is 17.9 Å². The summed E-state index contributed by atoms with van der Waals surface area (Å²) in [4.78, 5) is 18.9. The molecule has 0 saturated heterocycles. The number of thioether (sulfide) groups is 1. The van der Waals surface area contributed by atoms with E-state index >= 15 is 0 Å². The van der Waals surface area contributed by atoms with E-state index in [1.165, 1.54) is 16.3 Å². The van der Waals surface area contributed by atoms with Gasteiger partial charge in [-0.3, -0.25) is 4.79 Å². The highest BCUT2D eigenvalue weighted by molar-refractivity contribution is 9.10. The van der Waals surface area contributed by atoms with Crippen molar-refractivity contribution >= 4 is 66.5 Å². The van der Waals surface area contributed by atoms with Crippen LogP contribution in [0.5, 0.6) is 5.75 Å². The monoisotopic (exact) mass is 525 g/mol. The van der Waals surface area contributed by atoms with Crippen LogP contribution in [0.2, 0.25) is 0 Å². The maximum atomic E-state index is 13.1. The molecule has 1 heterocycles. The van der Waals surface area contributed by atoms with Crippen LogP contribution in [0.3, 0.4) is 0 Å². The van der Waals surface area contributed by atoms with Crippen molar-refractivity contribution in [1.82, 2.24) is 4.98 Å². The summed E-state index contributed by atoms with van der Waals surface area (Å²) in [6.45, 7) is 0. The first kappa shape index (κ1) is 22.5. The number of carbonyl (C=O) groups excluding carboxylic acids is 1. The Bertz CT molecular complexity index is 1230. The molecule has 5 nitrogen and oxygen atoms in total. The van der Waals surface area contributed by atoms with Gasteiger partial charge in [0.15, 0.2) is 0 Å². The molecular formula is C24H20BrN3O2S2. The molecule has 0 saturated carbocycles. The quantitative estimate of drug-likeness (QED) is 0.147. The fourth-order valence-electron chi connectivity index (χ4n) is 2.89. The lowest BCUT2D eigenvalue weighted by atomic mass is 10.2. The highest BCUT2D eigenvalue weighted by Crippen LogP contribution is 2.31. The van der Waals surface area contributed by atoms with Crippen molar-refractivity contribution in [2.45, 2.75) is 11.3 Å². The lowest BCUT2D eigenvalue weighted by molar-refractivity contribution is -0.118. The number of amides is 1.